The molecule has 0 radical (unpaired) electrons. The first kappa shape index (κ1) is 13.6. The van der Waals surface area contributed by atoms with E-state index in [0.29, 0.717) is 6.61 Å². The van der Waals surface area contributed by atoms with Gasteiger partial charge in [-0.1, -0.05) is 6.92 Å². The first-order chi connectivity index (χ1) is 9.83. The zero-order valence-corrected chi connectivity index (χ0v) is 11.0. The van der Waals surface area contributed by atoms with Crippen molar-refractivity contribution in [3.05, 3.63) is 41.9 Å². The van der Waals surface area contributed by atoms with Crippen molar-refractivity contribution in [2.75, 3.05) is 12.0 Å². The van der Waals surface area contributed by atoms with Gasteiger partial charge in [-0.05, 0) is 36.2 Å². The summed E-state index contributed by atoms with van der Waals surface area (Å²) in [7, 11) is 0. The van der Waals surface area contributed by atoms with Gasteiger partial charge in [0.15, 0.2) is 6.39 Å². The normalized spacial score (nSPS) is 10.4. The molecule has 2 aromatic rings. The van der Waals surface area contributed by atoms with Crippen molar-refractivity contribution in [3.63, 3.8) is 0 Å². The van der Waals surface area contributed by atoms with Crippen LogP contribution in [0.2, 0.25) is 0 Å². The Labute approximate surface area is 116 Å². The van der Waals surface area contributed by atoms with Crippen LogP contribution < -0.4 is 10.2 Å². The van der Waals surface area contributed by atoms with Crippen molar-refractivity contribution in [3.8, 4) is 11.8 Å². The van der Waals surface area contributed by atoms with Crippen LogP contribution in [-0.2, 0) is 0 Å². The average Bonchev–Trinajstić information content (AvgIpc) is 2.94. The fourth-order valence-corrected chi connectivity index (χ4v) is 1.44. The van der Waals surface area contributed by atoms with Crippen LogP contribution in [0.5, 0.6) is 5.75 Å². The predicted octanol–water partition coefficient (Wildman–Crippen LogP) is 2.78. The molecule has 0 fully saturated rings. The number of nitriles is 1. The number of oxazole rings is 1. The standard InChI is InChI=1S/C14H14N4O2/c1-2-7-19-12-5-3-11(4-6-12)9-17-18-14-13(8-15)16-10-20-14/h3-6,9-10,18H,2,7H2,1H3/b17-9+. The van der Waals surface area contributed by atoms with Gasteiger partial charge in [-0.3, -0.25) is 0 Å². The van der Waals surface area contributed by atoms with Gasteiger partial charge >= 0.3 is 0 Å². The molecule has 0 bridgehead atoms. The maximum absolute atomic E-state index is 8.75. The summed E-state index contributed by atoms with van der Waals surface area (Å²) in [6.07, 6.45) is 3.79. The monoisotopic (exact) mass is 270 g/mol. The topological polar surface area (TPSA) is 83.4 Å². The van der Waals surface area contributed by atoms with Crippen molar-refractivity contribution in [2.45, 2.75) is 13.3 Å². The van der Waals surface area contributed by atoms with E-state index < -0.39 is 0 Å². The number of ether oxygens (including phenoxy) is 1. The third-order valence-electron chi connectivity index (χ3n) is 2.41. The molecule has 0 aliphatic carbocycles. The van der Waals surface area contributed by atoms with Crippen LogP contribution in [-0.4, -0.2) is 17.8 Å². The molecule has 20 heavy (non-hydrogen) atoms. The lowest BCUT2D eigenvalue weighted by atomic mass is 10.2. The highest BCUT2D eigenvalue weighted by molar-refractivity contribution is 5.80. The molecule has 0 spiro atoms. The van der Waals surface area contributed by atoms with Crippen LogP contribution in [0.3, 0.4) is 0 Å². The number of rotatable bonds is 6. The molecule has 1 heterocycles. The molecule has 0 aliphatic heterocycles. The van der Waals surface area contributed by atoms with E-state index in [1.54, 1.807) is 6.21 Å². The van der Waals surface area contributed by atoms with Crippen LogP contribution in [0, 0.1) is 11.3 Å². The van der Waals surface area contributed by atoms with E-state index >= 15 is 0 Å². The lowest BCUT2D eigenvalue weighted by molar-refractivity contribution is 0.317. The molecule has 2 rings (SSSR count). The van der Waals surface area contributed by atoms with Gasteiger partial charge in [-0.15, -0.1) is 0 Å². The molecule has 1 aromatic heterocycles. The van der Waals surface area contributed by atoms with Crippen LogP contribution in [0.1, 0.15) is 24.6 Å². The number of aromatic nitrogens is 1. The number of hydrogen-bond donors (Lipinski definition) is 1. The summed E-state index contributed by atoms with van der Waals surface area (Å²) in [5, 5.41) is 12.7. The molecule has 0 saturated carbocycles. The first-order valence-electron chi connectivity index (χ1n) is 6.19. The fraction of sp³-hybridized carbons (Fsp3) is 0.214. The van der Waals surface area contributed by atoms with Crippen molar-refractivity contribution in [1.29, 1.82) is 5.26 Å². The van der Waals surface area contributed by atoms with Gasteiger partial charge < -0.3 is 9.15 Å². The summed E-state index contributed by atoms with van der Waals surface area (Å²) in [5.74, 6) is 1.06. The molecular formula is C14H14N4O2. The Balaban J connectivity index is 1.93. The molecule has 6 nitrogen and oxygen atoms in total. The minimum atomic E-state index is 0.172. The van der Waals surface area contributed by atoms with E-state index in [2.05, 4.69) is 22.4 Å². The molecule has 6 heteroatoms. The van der Waals surface area contributed by atoms with Gasteiger partial charge in [0, 0.05) is 0 Å². The van der Waals surface area contributed by atoms with Crippen molar-refractivity contribution >= 4 is 12.1 Å². The maximum Gasteiger partial charge on any atom is 0.251 e. The Bertz CT molecular complexity index is 611. The average molecular weight is 270 g/mol. The Kier molecular flexibility index (Phi) is 4.73. The highest BCUT2D eigenvalue weighted by Gasteiger charge is 2.04. The largest absolute Gasteiger partial charge is 0.494 e. The van der Waals surface area contributed by atoms with Gasteiger partial charge in [0.05, 0.1) is 12.8 Å². The fourth-order valence-electron chi connectivity index (χ4n) is 1.44. The number of nitrogens with zero attached hydrogens (tertiary/aromatic N) is 3. The number of benzene rings is 1. The van der Waals surface area contributed by atoms with Crippen LogP contribution >= 0.6 is 0 Å². The maximum atomic E-state index is 8.75. The number of nitrogens with one attached hydrogen (secondary N) is 1. The second-order valence-electron chi connectivity index (χ2n) is 3.93. The minimum absolute atomic E-state index is 0.172. The molecular weight excluding hydrogens is 256 g/mol. The van der Waals surface area contributed by atoms with Crippen LogP contribution in [0.25, 0.3) is 0 Å². The Hall–Kier alpha value is -2.81. The number of anilines is 1. The summed E-state index contributed by atoms with van der Waals surface area (Å²) >= 11 is 0. The third-order valence-corrected chi connectivity index (χ3v) is 2.41. The minimum Gasteiger partial charge on any atom is -0.494 e. The zero-order valence-electron chi connectivity index (χ0n) is 11.0. The second-order valence-corrected chi connectivity index (χ2v) is 3.93. The van der Waals surface area contributed by atoms with Crippen molar-refractivity contribution in [2.24, 2.45) is 5.10 Å². The third kappa shape index (κ3) is 3.59. The molecule has 0 saturated heterocycles. The van der Waals surface area contributed by atoms with E-state index in [4.69, 9.17) is 14.4 Å². The SMILES string of the molecule is CCCOc1ccc(/C=N/Nc2ocnc2C#N)cc1. The molecule has 0 unspecified atom stereocenters. The van der Waals surface area contributed by atoms with Crippen LogP contribution in [0.4, 0.5) is 5.88 Å². The van der Waals surface area contributed by atoms with E-state index in [1.807, 2.05) is 30.3 Å². The molecule has 1 aromatic carbocycles. The predicted molar refractivity (Wildman–Crippen MR) is 74.7 cm³/mol. The highest BCUT2D eigenvalue weighted by Crippen LogP contribution is 2.13. The lowest BCUT2D eigenvalue weighted by Gasteiger charge is -2.03. The molecule has 0 atom stereocenters. The second kappa shape index (κ2) is 6.95. The zero-order chi connectivity index (χ0) is 14.2. The molecule has 1 N–H and O–H groups in total. The summed E-state index contributed by atoms with van der Waals surface area (Å²) in [4.78, 5) is 3.72. The van der Waals surface area contributed by atoms with E-state index in [0.717, 1.165) is 17.7 Å². The van der Waals surface area contributed by atoms with E-state index in [9.17, 15) is 0 Å². The van der Waals surface area contributed by atoms with E-state index in [1.165, 1.54) is 6.39 Å². The number of hydrogen-bond acceptors (Lipinski definition) is 6. The molecule has 0 aliphatic rings. The Morgan fingerprint density at radius 3 is 2.95 bits per heavy atom. The van der Waals surface area contributed by atoms with Crippen LogP contribution in [0.15, 0.2) is 40.2 Å². The van der Waals surface area contributed by atoms with Gasteiger partial charge in [0.25, 0.3) is 5.88 Å². The van der Waals surface area contributed by atoms with Gasteiger partial charge in [0.2, 0.25) is 5.69 Å². The van der Waals surface area contributed by atoms with Crippen molar-refractivity contribution in [1.82, 2.24) is 4.98 Å². The Morgan fingerprint density at radius 2 is 2.25 bits per heavy atom. The van der Waals surface area contributed by atoms with Gasteiger partial charge in [0.1, 0.15) is 11.8 Å². The van der Waals surface area contributed by atoms with Crippen molar-refractivity contribution < 1.29 is 9.15 Å². The quantitative estimate of drug-likeness (QED) is 0.644. The summed E-state index contributed by atoms with van der Waals surface area (Å²) in [6, 6.07) is 9.44. The van der Waals surface area contributed by atoms with Gasteiger partial charge in [-0.2, -0.15) is 10.4 Å². The van der Waals surface area contributed by atoms with E-state index in [-0.39, 0.29) is 11.6 Å². The molecule has 0 amide bonds. The number of hydrazone groups is 1. The lowest BCUT2D eigenvalue weighted by Crippen LogP contribution is -1.95. The van der Waals surface area contributed by atoms with Gasteiger partial charge in [-0.25, -0.2) is 10.4 Å². The molecule has 102 valence electrons. The highest BCUT2D eigenvalue weighted by atomic mass is 16.5. The first-order valence-corrected chi connectivity index (χ1v) is 6.19. The smallest absolute Gasteiger partial charge is 0.251 e. The summed E-state index contributed by atoms with van der Waals surface area (Å²) in [5.41, 5.74) is 3.70. The summed E-state index contributed by atoms with van der Waals surface area (Å²) in [6.45, 7) is 2.77. The summed E-state index contributed by atoms with van der Waals surface area (Å²) < 4.78 is 10.5. The Morgan fingerprint density at radius 1 is 1.45 bits per heavy atom.